The van der Waals surface area contributed by atoms with Gasteiger partial charge >= 0.3 is 0 Å². The number of fused-ring (bicyclic) bond motifs is 2. The minimum atomic E-state index is 0.898. The quantitative estimate of drug-likeness (QED) is 0.794. The Labute approximate surface area is 123 Å². The Morgan fingerprint density at radius 3 is 2.85 bits per heavy atom. The second-order valence-corrected chi connectivity index (χ2v) is 6.58. The van der Waals surface area contributed by atoms with Crippen LogP contribution in [0.2, 0.25) is 0 Å². The Morgan fingerprint density at radius 2 is 2.25 bits per heavy atom. The monoisotopic (exact) mass is 273 g/mol. The highest BCUT2D eigenvalue weighted by Gasteiger charge is 2.37. The summed E-state index contributed by atoms with van der Waals surface area (Å²) in [5, 5.41) is 0. The van der Waals surface area contributed by atoms with Crippen LogP contribution in [-0.4, -0.2) is 47.5 Å². The summed E-state index contributed by atoms with van der Waals surface area (Å²) in [5.74, 6) is 1.01. The van der Waals surface area contributed by atoms with Crippen LogP contribution in [-0.2, 0) is 13.0 Å². The van der Waals surface area contributed by atoms with Gasteiger partial charge in [0, 0.05) is 38.4 Å². The van der Waals surface area contributed by atoms with E-state index in [1.165, 1.54) is 43.6 Å². The first-order valence-electron chi connectivity index (χ1n) is 8.11. The van der Waals surface area contributed by atoms with E-state index in [1.54, 1.807) is 0 Å². The maximum atomic E-state index is 4.55. The van der Waals surface area contributed by atoms with Crippen molar-refractivity contribution < 1.29 is 0 Å². The summed E-state index contributed by atoms with van der Waals surface area (Å²) in [4.78, 5) is 9.66. The third kappa shape index (κ3) is 3.21. The van der Waals surface area contributed by atoms with E-state index in [0.717, 1.165) is 31.5 Å². The minimum absolute atomic E-state index is 0.898. The van der Waals surface area contributed by atoms with Crippen LogP contribution in [0.4, 0.5) is 0 Å². The lowest BCUT2D eigenvalue weighted by atomic mass is 10.1. The van der Waals surface area contributed by atoms with E-state index in [9.17, 15) is 0 Å². The number of hydrogen-bond donors (Lipinski definition) is 0. The fraction of sp³-hybridized carbons (Fsp3) is 0.706. The molecule has 0 radical (unpaired) electrons. The topological polar surface area (TPSA) is 19.4 Å². The lowest BCUT2D eigenvalue weighted by Crippen LogP contribution is -2.38. The lowest BCUT2D eigenvalue weighted by Gasteiger charge is -2.28. The molecule has 2 aliphatic rings. The molecule has 0 spiro atoms. The third-order valence-corrected chi connectivity index (χ3v) is 5.02. The zero-order valence-electron chi connectivity index (χ0n) is 12.9. The Kier molecular flexibility index (Phi) is 4.37. The Balaban J connectivity index is 1.43. The molecule has 2 bridgehead atoms. The zero-order chi connectivity index (χ0) is 13.9. The predicted octanol–water partition coefficient (Wildman–Crippen LogP) is 2.56. The first-order valence-corrected chi connectivity index (χ1v) is 8.11. The summed E-state index contributed by atoms with van der Waals surface area (Å²) in [6.45, 7) is 6.87. The number of pyridine rings is 1. The number of nitrogens with zero attached hydrogens (tertiary/aromatic N) is 3. The molecule has 3 heteroatoms. The van der Waals surface area contributed by atoms with E-state index in [2.05, 4.69) is 40.9 Å². The van der Waals surface area contributed by atoms with Crippen molar-refractivity contribution in [1.29, 1.82) is 0 Å². The van der Waals surface area contributed by atoms with E-state index in [-0.39, 0.29) is 0 Å². The molecule has 1 saturated heterocycles. The average molecular weight is 273 g/mol. The molecule has 1 aliphatic heterocycles. The predicted molar refractivity (Wildman–Crippen MR) is 82.7 cm³/mol. The van der Waals surface area contributed by atoms with Crippen molar-refractivity contribution in [2.45, 2.75) is 45.2 Å². The molecule has 3 rings (SSSR count). The highest BCUT2D eigenvalue weighted by Crippen LogP contribution is 2.36. The van der Waals surface area contributed by atoms with Gasteiger partial charge in [0.15, 0.2) is 0 Å². The SMILES string of the molecule is CCc1ccc(CN(C)CCN2C[C@H]3CC[C@@H]2C3)nc1. The average Bonchev–Trinajstić information content (AvgIpc) is 3.08. The molecule has 3 nitrogen and oxygen atoms in total. The van der Waals surface area contributed by atoms with E-state index in [0.29, 0.717) is 0 Å². The van der Waals surface area contributed by atoms with Crippen LogP contribution in [0, 0.1) is 5.92 Å². The summed E-state index contributed by atoms with van der Waals surface area (Å²) in [5.41, 5.74) is 2.51. The van der Waals surface area contributed by atoms with Crippen LogP contribution < -0.4 is 0 Å². The molecule has 1 aliphatic carbocycles. The molecule has 2 heterocycles. The largest absolute Gasteiger partial charge is 0.299 e. The normalized spacial score (nSPS) is 25.8. The van der Waals surface area contributed by atoms with Crippen molar-refractivity contribution in [1.82, 2.24) is 14.8 Å². The van der Waals surface area contributed by atoms with Crippen LogP contribution in [0.3, 0.4) is 0 Å². The van der Waals surface area contributed by atoms with Crippen LogP contribution in [0.25, 0.3) is 0 Å². The van der Waals surface area contributed by atoms with Crippen molar-refractivity contribution >= 4 is 0 Å². The fourth-order valence-electron chi connectivity index (χ4n) is 3.71. The van der Waals surface area contributed by atoms with Gasteiger partial charge in [0.2, 0.25) is 0 Å². The van der Waals surface area contributed by atoms with Crippen molar-refractivity contribution in [2.75, 3.05) is 26.7 Å². The van der Waals surface area contributed by atoms with Gasteiger partial charge in [-0.2, -0.15) is 0 Å². The van der Waals surface area contributed by atoms with Crippen LogP contribution in [0.5, 0.6) is 0 Å². The van der Waals surface area contributed by atoms with E-state index in [4.69, 9.17) is 0 Å². The summed E-state index contributed by atoms with van der Waals surface area (Å²) in [6, 6.07) is 5.28. The summed E-state index contributed by atoms with van der Waals surface area (Å²) < 4.78 is 0. The smallest absolute Gasteiger partial charge is 0.0544 e. The molecule has 0 amide bonds. The number of likely N-dealkylation sites (N-methyl/N-ethyl adjacent to an activating group) is 1. The molecule has 20 heavy (non-hydrogen) atoms. The lowest BCUT2D eigenvalue weighted by molar-refractivity contribution is 0.181. The third-order valence-electron chi connectivity index (χ3n) is 5.02. The summed E-state index contributed by atoms with van der Waals surface area (Å²) >= 11 is 0. The number of piperidine rings is 1. The maximum absolute atomic E-state index is 4.55. The molecule has 2 fully saturated rings. The molecule has 0 aromatic carbocycles. The molecule has 110 valence electrons. The van der Waals surface area contributed by atoms with Gasteiger partial charge in [-0.25, -0.2) is 0 Å². The number of likely N-dealkylation sites (tertiary alicyclic amines) is 1. The molecule has 1 saturated carbocycles. The first kappa shape index (κ1) is 14.0. The van der Waals surface area contributed by atoms with Crippen LogP contribution in [0.1, 0.15) is 37.4 Å². The van der Waals surface area contributed by atoms with Crippen molar-refractivity contribution in [3.8, 4) is 0 Å². The molecule has 2 atom stereocenters. The fourth-order valence-corrected chi connectivity index (χ4v) is 3.71. The minimum Gasteiger partial charge on any atom is -0.299 e. The number of rotatable bonds is 6. The second kappa shape index (κ2) is 6.23. The number of hydrogen-bond acceptors (Lipinski definition) is 3. The van der Waals surface area contributed by atoms with Gasteiger partial charge in [-0.1, -0.05) is 13.0 Å². The van der Waals surface area contributed by atoms with Gasteiger partial charge in [-0.3, -0.25) is 14.8 Å². The Morgan fingerprint density at radius 1 is 1.35 bits per heavy atom. The Bertz CT molecular complexity index is 428. The van der Waals surface area contributed by atoms with Crippen molar-refractivity contribution in [2.24, 2.45) is 5.92 Å². The van der Waals surface area contributed by atoms with Crippen molar-refractivity contribution in [3.05, 3.63) is 29.6 Å². The van der Waals surface area contributed by atoms with Crippen LogP contribution >= 0.6 is 0 Å². The molecular weight excluding hydrogens is 246 g/mol. The van der Waals surface area contributed by atoms with E-state index < -0.39 is 0 Å². The molecule has 0 N–H and O–H groups in total. The van der Waals surface area contributed by atoms with E-state index >= 15 is 0 Å². The highest BCUT2D eigenvalue weighted by atomic mass is 15.2. The molecule has 1 aromatic heterocycles. The van der Waals surface area contributed by atoms with Gasteiger partial charge in [0.25, 0.3) is 0 Å². The Hall–Kier alpha value is -0.930. The standard InChI is InChI=1S/C17H27N3/c1-3-14-4-6-16(18-11-14)13-19(2)8-9-20-12-15-5-7-17(20)10-15/h4,6,11,15,17H,3,5,7-10,12-13H2,1-2H3/t15-,17+/m0/s1. The summed E-state index contributed by atoms with van der Waals surface area (Å²) in [7, 11) is 2.21. The van der Waals surface area contributed by atoms with Gasteiger partial charge in [-0.05, 0) is 50.3 Å². The summed E-state index contributed by atoms with van der Waals surface area (Å²) in [6.07, 6.45) is 7.46. The second-order valence-electron chi connectivity index (χ2n) is 6.58. The number of aryl methyl sites for hydroxylation is 1. The molecular formula is C17H27N3. The molecule has 1 aromatic rings. The van der Waals surface area contributed by atoms with Crippen LogP contribution in [0.15, 0.2) is 18.3 Å². The van der Waals surface area contributed by atoms with Gasteiger partial charge < -0.3 is 0 Å². The van der Waals surface area contributed by atoms with E-state index in [1.807, 2.05) is 6.20 Å². The van der Waals surface area contributed by atoms with Gasteiger partial charge in [0.1, 0.15) is 0 Å². The van der Waals surface area contributed by atoms with Gasteiger partial charge in [-0.15, -0.1) is 0 Å². The van der Waals surface area contributed by atoms with Gasteiger partial charge in [0.05, 0.1) is 5.69 Å². The highest BCUT2D eigenvalue weighted by molar-refractivity contribution is 5.13. The zero-order valence-corrected chi connectivity index (χ0v) is 12.9. The number of aromatic nitrogens is 1. The molecule has 0 unspecified atom stereocenters. The maximum Gasteiger partial charge on any atom is 0.0544 e. The van der Waals surface area contributed by atoms with Crippen molar-refractivity contribution in [3.63, 3.8) is 0 Å². The first-order chi connectivity index (χ1) is 9.74.